The van der Waals surface area contributed by atoms with Gasteiger partial charge in [-0.25, -0.2) is 4.79 Å². The number of anilines is 1. The second-order valence-corrected chi connectivity index (χ2v) is 4.54. The average molecular weight is 270 g/mol. The third-order valence-electron chi connectivity index (χ3n) is 3.18. The minimum Gasteiger partial charge on any atom is -0.465 e. The van der Waals surface area contributed by atoms with Gasteiger partial charge >= 0.3 is 5.97 Å². The normalized spacial score (nSPS) is 10.1. The van der Waals surface area contributed by atoms with Crippen molar-refractivity contribution in [3.05, 3.63) is 59.9 Å². The first-order chi connectivity index (χ1) is 9.72. The summed E-state index contributed by atoms with van der Waals surface area (Å²) in [5.41, 5.74) is 2.64. The lowest BCUT2D eigenvalue weighted by molar-refractivity contribution is 0.0601. The fraction of sp³-hybridized carbons (Fsp3) is 0.250. The van der Waals surface area contributed by atoms with Gasteiger partial charge in [0.2, 0.25) is 0 Å². The molecule has 0 radical (unpaired) electrons. The largest absolute Gasteiger partial charge is 0.465 e. The number of hydrogen-bond acceptors (Lipinski definition) is 4. The maximum absolute atomic E-state index is 11.8. The standard InChI is InChI=1S/C16H18N2O2/c1-18(11-9-13-6-5-10-17-12-13)15-8-4-3-7-14(15)16(19)20-2/h3-8,10,12H,9,11H2,1-2H3. The number of carbonyl (C=O) groups excluding carboxylic acids is 1. The predicted molar refractivity (Wildman–Crippen MR) is 79.0 cm³/mol. The highest BCUT2D eigenvalue weighted by molar-refractivity contribution is 5.95. The molecule has 0 unspecified atom stereocenters. The summed E-state index contributed by atoms with van der Waals surface area (Å²) in [7, 11) is 3.37. The van der Waals surface area contributed by atoms with E-state index in [0.717, 1.165) is 18.7 Å². The fourth-order valence-electron chi connectivity index (χ4n) is 2.05. The topological polar surface area (TPSA) is 42.4 Å². The van der Waals surface area contributed by atoms with Crippen LogP contribution < -0.4 is 4.90 Å². The van der Waals surface area contributed by atoms with Crippen molar-refractivity contribution in [1.82, 2.24) is 4.98 Å². The molecule has 0 saturated carbocycles. The van der Waals surface area contributed by atoms with Crippen LogP contribution >= 0.6 is 0 Å². The zero-order valence-corrected chi connectivity index (χ0v) is 11.7. The molecule has 0 fully saturated rings. The number of ether oxygens (including phenoxy) is 1. The second-order valence-electron chi connectivity index (χ2n) is 4.54. The van der Waals surface area contributed by atoms with Crippen LogP contribution in [-0.4, -0.2) is 31.7 Å². The van der Waals surface area contributed by atoms with Crippen LogP contribution in [0.5, 0.6) is 0 Å². The Kier molecular flexibility index (Phi) is 4.71. The van der Waals surface area contributed by atoms with Crippen LogP contribution in [0.25, 0.3) is 0 Å². The van der Waals surface area contributed by atoms with Crippen molar-refractivity contribution in [2.45, 2.75) is 6.42 Å². The maximum atomic E-state index is 11.8. The summed E-state index contributed by atoms with van der Waals surface area (Å²) in [6, 6.07) is 11.4. The summed E-state index contributed by atoms with van der Waals surface area (Å²) in [6.07, 6.45) is 4.50. The Labute approximate surface area is 119 Å². The Hall–Kier alpha value is -2.36. The van der Waals surface area contributed by atoms with E-state index in [2.05, 4.69) is 9.88 Å². The number of likely N-dealkylation sites (N-methyl/N-ethyl adjacent to an activating group) is 1. The van der Waals surface area contributed by atoms with Gasteiger partial charge in [-0.1, -0.05) is 18.2 Å². The first kappa shape index (κ1) is 14.1. The molecule has 4 heteroatoms. The monoisotopic (exact) mass is 270 g/mol. The number of nitrogens with zero attached hydrogens (tertiary/aromatic N) is 2. The molecule has 104 valence electrons. The first-order valence-corrected chi connectivity index (χ1v) is 6.49. The van der Waals surface area contributed by atoms with Crippen LogP contribution in [0.1, 0.15) is 15.9 Å². The van der Waals surface area contributed by atoms with Gasteiger partial charge in [-0.3, -0.25) is 4.98 Å². The van der Waals surface area contributed by atoms with Gasteiger partial charge in [0, 0.05) is 26.0 Å². The van der Waals surface area contributed by atoms with E-state index in [-0.39, 0.29) is 5.97 Å². The van der Waals surface area contributed by atoms with E-state index in [1.807, 2.05) is 43.6 Å². The number of hydrogen-bond donors (Lipinski definition) is 0. The molecule has 0 bridgehead atoms. The highest BCUT2D eigenvalue weighted by Gasteiger charge is 2.13. The molecule has 0 saturated heterocycles. The van der Waals surface area contributed by atoms with Gasteiger partial charge < -0.3 is 9.64 Å². The van der Waals surface area contributed by atoms with Crippen LogP contribution in [0, 0.1) is 0 Å². The van der Waals surface area contributed by atoms with Crippen LogP contribution in [0.3, 0.4) is 0 Å². The minimum atomic E-state index is -0.311. The number of carbonyl (C=O) groups is 1. The lowest BCUT2D eigenvalue weighted by Gasteiger charge is -2.21. The molecule has 0 amide bonds. The number of aromatic nitrogens is 1. The van der Waals surface area contributed by atoms with Gasteiger partial charge in [0.25, 0.3) is 0 Å². The van der Waals surface area contributed by atoms with Gasteiger partial charge in [0.05, 0.1) is 18.4 Å². The highest BCUT2D eigenvalue weighted by Crippen LogP contribution is 2.20. The smallest absolute Gasteiger partial charge is 0.339 e. The Bertz CT molecular complexity index is 570. The molecule has 20 heavy (non-hydrogen) atoms. The molecule has 0 aliphatic rings. The summed E-state index contributed by atoms with van der Waals surface area (Å²) in [5, 5.41) is 0. The summed E-state index contributed by atoms with van der Waals surface area (Å²) >= 11 is 0. The van der Waals surface area contributed by atoms with Crippen molar-refractivity contribution in [3.8, 4) is 0 Å². The fourth-order valence-corrected chi connectivity index (χ4v) is 2.05. The molecule has 0 atom stereocenters. The van der Waals surface area contributed by atoms with E-state index in [4.69, 9.17) is 4.74 Å². The van der Waals surface area contributed by atoms with Gasteiger partial charge in [0.1, 0.15) is 0 Å². The Morgan fingerprint density at radius 3 is 2.75 bits per heavy atom. The molecule has 2 aromatic rings. The van der Waals surface area contributed by atoms with Gasteiger partial charge in [-0.2, -0.15) is 0 Å². The number of pyridine rings is 1. The average Bonchev–Trinajstić information content (AvgIpc) is 2.52. The first-order valence-electron chi connectivity index (χ1n) is 6.49. The van der Waals surface area contributed by atoms with Gasteiger partial charge in [-0.15, -0.1) is 0 Å². The Balaban J connectivity index is 2.09. The molecule has 0 aliphatic carbocycles. The third-order valence-corrected chi connectivity index (χ3v) is 3.18. The van der Waals surface area contributed by atoms with E-state index < -0.39 is 0 Å². The van der Waals surface area contributed by atoms with Crippen LogP contribution in [0.2, 0.25) is 0 Å². The quantitative estimate of drug-likeness (QED) is 0.783. The van der Waals surface area contributed by atoms with Crippen molar-refractivity contribution in [2.75, 3.05) is 25.6 Å². The van der Waals surface area contributed by atoms with E-state index in [1.54, 1.807) is 12.3 Å². The number of methoxy groups -OCH3 is 1. The number of rotatable bonds is 5. The van der Waals surface area contributed by atoms with Crippen molar-refractivity contribution in [1.29, 1.82) is 0 Å². The number of para-hydroxylation sites is 1. The molecule has 4 nitrogen and oxygen atoms in total. The van der Waals surface area contributed by atoms with Crippen LogP contribution in [-0.2, 0) is 11.2 Å². The SMILES string of the molecule is COC(=O)c1ccccc1N(C)CCc1cccnc1. The van der Waals surface area contributed by atoms with Gasteiger partial charge in [-0.05, 0) is 30.2 Å². The molecule has 0 aliphatic heterocycles. The Morgan fingerprint density at radius 1 is 1.25 bits per heavy atom. The van der Waals surface area contributed by atoms with Crippen molar-refractivity contribution in [2.24, 2.45) is 0 Å². The zero-order valence-electron chi connectivity index (χ0n) is 11.7. The van der Waals surface area contributed by atoms with Crippen molar-refractivity contribution in [3.63, 3.8) is 0 Å². The predicted octanol–water partition coefficient (Wildman–Crippen LogP) is 2.55. The van der Waals surface area contributed by atoms with Crippen LogP contribution in [0.15, 0.2) is 48.8 Å². The van der Waals surface area contributed by atoms with E-state index in [1.165, 1.54) is 12.7 Å². The van der Waals surface area contributed by atoms with Crippen molar-refractivity contribution < 1.29 is 9.53 Å². The lowest BCUT2D eigenvalue weighted by atomic mass is 10.1. The van der Waals surface area contributed by atoms with E-state index in [0.29, 0.717) is 5.56 Å². The molecular formula is C16H18N2O2. The minimum absolute atomic E-state index is 0.311. The van der Waals surface area contributed by atoms with E-state index in [9.17, 15) is 4.79 Å². The van der Waals surface area contributed by atoms with Crippen molar-refractivity contribution >= 4 is 11.7 Å². The van der Waals surface area contributed by atoms with Crippen LogP contribution in [0.4, 0.5) is 5.69 Å². The summed E-state index contributed by atoms with van der Waals surface area (Å²) in [5.74, 6) is -0.311. The summed E-state index contributed by atoms with van der Waals surface area (Å²) < 4.78 is 4.81. The second kappa shape index (κ2) is 6.70. The number of benzene rings is 1. The summed E-state index contributed by atoms with van der Waals surface area (Å²) in [6.45, 7) is 0.805. The number of esters is 1. The lowest BCUT2D eigenvalue weighted by Crippen LogP contribution is -2.23. The molecule has 0 spiro atoms. The molecular weight excluding hydrogens is 252 g/mol. The maximum Gasteiger partial charge on any atom is 0.339 e. The third kappa shape index (κ3) is 3.35. The summed E-state index contributed by atoms with van der Waals surface area (Å²) in [4.78, 5) is 17.9. The molecule has 1 aromatic carbocycles. The Morgan fingerprint density at radius 2 is 2.05 bits per heavy atom. The van der Waals surface area contributed by atoms with Gasteiger partial charge in [0.15, 0.2) is 0 Å². The van der Waals surface area contributed by atoms with E-state index >= 15 is 0 Å². The zero-order chi connectivity index (χ0) is 14.4. The molecule has 2 rings (SSSR count). The highest BCUT2D eigenvalue weighted by atomic mass is 16.5. The molecule has 0 N–H and O–H groups in total. The molecule has 1 aromatic heterocycles. The molecule has 1 heterocycles.